The Bertz CT molecular complexity index is 614. The van der Waals surface area contributed by atoms with E-state index >= 15 is 0 Å². The van der Waals surface area contributed by atoms with Crippen molar-refractivity contribution < 1.29 is 9.18 Å². The molecule has 0 aliphatic carbocycles. The number of amides is 1. The highest BCUT2D eigenvalue weighted by Crippen LogP contribution is 2.22. The number of hydrogen-bond donors (Lipinski definition) is 1. The zero-order valence-corrected chi connectivity index (χ0v) is 12.4. The third-order valence-corrected chi connectivity index (χ3v) is 3.23. The van der Waals surface area contributed by atoms with E-state index in [2.05, 4.69) is 15.3 Å². The van der Waals surface area contributed by atoms with Gasteiger partial charge in [-0.2, -0.15) is 0 Å². The second-order valence-electron chi connectivity index (χ2n) is 4.97. The maximum atomic E-state index is 13.0. The minimum atomic E-state index is -0.345. The minimum absolute atomic E-state index is 0.139. The van der Waals surface area contributed by atoms with Gasteiger partial charge in [0.25, 0.3) is 5.91 Å². The number of rotatable bonds is 4. The van der Waals surface area contributed by atoms with E-state index in [4.69, 9.17) is 11.6 Å². The Labute approximate surface area is 127 Å². The molecule has 0 spiro atoms. The van der Waals surface area contributed by atoms with E-state index in [9.17, 15) is 9.18 Å². The van der Waals surface area contributed by atoms with Crippen LogP contribution in [0.25, 0.3) is 0 Å². The van der Waals surface area contributed by atoms with Crippen molar-refractivity contribution in [1.29, 1.82) is 0 Å². The molecule has 1 heterocycles. The summed E-state index contributed by atoms with van der Waals surface area (Å²) in [6.45, 7) is 3.95. The summed E-state index contributed by atoms with van der Waals surface area (Å²) in [5.74, 6) is -0.516. The van der Waals surface area contributed by atoms with E-state index in [0.717, 1.165) is 5.56 Å². The lowest BCUT2D eigenvalue weighted by Gasteiger charge is -2.22. The van der Waals surface area contributed by atoms with E-state index in [1.807, 2.05) is 13.8 Å². The van der Waals surface area contributed by atoms with Gasteiger partial charge < -0.3 is 5.32 Å². The molecule has 0 fully saturated rings. The van der Waals surface area contributed by atoms with Crippen LogP contribution in [0.4, 0.5) is 4.39 Å². The predicted molar refractivity (Wildman–Crippen MR) is 78.5 cm³/mol. The van der Waals surface area contributed by atoms with Crippen molar-refractivity contribution in [3.63, 3.8) is 0 Å². The molecule has 6 heteroatoms. The zero-order valence-electron chi connectivity index (χ0n) is 11.7. The predicted octanol–water partition coefficient (Wildman–Crippen LogP) is 3.40. The van der Waals surface area contributed by atoms with Crippen LogP contribution in [0.2, 0.25) is 5.15 Å². The van der Waals surface area contributed by atoms with Crippen LogP contribution >= 0.6 is 11.6 Å². The van der Waals surface area contributed by atoms with E-state index in [-0.39, 0.29) is 34.5 Å². The number of nitrogens with zero attached hydrogens (tertiary/aromatic N) is 2. The second kappa shape index (κ2) is 6.63. The van der Waals surface area contributed by atoms with Gasteiger partial charge in [0.2, 0.25) is 0 Å². The maximum Gasteiger partial charge on any atom is 0.271 e. The topological polar surface area (TPSA) is 54.9 Å². The molecule has 0 aliphatic rings. The molecule has 0 saturated heterocycles. The molecular formula is C15H15ClFN3O. The first-order valence-electron chi connectivity index (χ1n) is 6.51. The molecule has 4 nitrogen and oxygen atoms in total. The van der Waals surface area contributed by atoms with Crippen LogP contribution in [-0.2, 0) is 0 Å². The Balaban J connectivity index is 2.18. The van der Waals surface area contributed by atoms with Crippen molar-refractivity contribution in [3.8, 4) is 0 Å². The van der Waals surface area contributed by atoms with Gasteiger partial charge in [0, 0.05) is 0 Å². The fraction of sp³-hybridized carbons (Fsp3) is 0.267. The number of halogens is 2. The lowest BCUT2D eigenvalue weighted by Crippen LogP contribution is -2.32. The summed E-state index contributed by atoms with van der Waals surface area (Å²) in [5.41, 5.74) is 1.02. The largest absolute Gasteiger partial charge is 0.344 e. The summed E-state index contributed by atoms with van der Waals surface area (Å²) in [5, 5.41) is 3.11. The van der Waals surface area contributed by atoms with Gasteiger partial charge in [-0.05, 0) is 23.6 Å². The summed E-state index contributed by atoms with van der Waals surface area (Å²) in [4.78, 5) is 19.9. The van der Waals surface area contributed by atoms with E-state index in [0.29, 0.717) is 0 Å². The smallest absolute Gasteiger partial charge is 0.271 e. The molecule has 0 bridgehead atoms. The van der Waals surface area contributed by atoms with Gasteiger partial charge in [-0.15, -0.1) is 0 Å². The standard InChI is InChI=1S/C15H15ClFN3O/c1-9(2)14(10-3-5-11(17)6-4-10)20-15(21)12-7-19-13(16)8-18-12/h3-9,14H,1-2H3,(H,20,21). The van der Waals surface area contributed by atoms with E-state index in [1.165, 1.54) is 24.5 Å². The molecule has 1 unspecified atom stereocenters. The Morgan fingerprint density at radius 1 is 1.19 bits per heavy atom. The van der Waals surface area contributed by atoms with Crippen molar-refractivity contribution in [3.05, 3.63) is 58.9 Å². The SMILES string of the molecule is CC(C)C(NC(=O)c1cnc(Cl)cn1)c1ccc(F)cc1. The molecule has 0 saturated carbocycles. The van der Waals surface area contributed by atoms with Crippen LogP contribution in [0, 0.1) is 11.7 Å². The Morgan fingerprint density at radius 2 is 1.86 bits per heavy atom. The lowest BCUT2D eigenvalue weighted by molar-refractivity contribution is 0.0920. The van der Waals surface area contributed by atoms with Gasteiger partial charge in [-0.1, -0.05) is 37.6 Å². The first kappa shape index (κ1) is 15.4. The molecule has 1 N–H and O–H groups in total. The number of benzene rings is 1. The number of carbonyl (C=O) groups excluding carboxylic acids is 1. The maximum absolute atomic E-state index is 13.0. The number of hydrogen-bond acceptors (Lipinski definition) is 3. The van der Waals surface area contributed by atoms with Crippen LogP contribution in [0.3, 0.4) is 0 Å². The van der Waals surface area contributed by atoms with Crippen molar-refractivity contribution in [2.45, 2.75) is 19.9 Å². The molecule has 0 aliphatic heterocycles. The highest BCUT2D eigenvalue weighted by molar-refractivity contribution is 6.29. The molecule has 2 aromatic rings. The van der Waals surface area contributed by atoms with Crippen LogP contribution < -0.4 is 5.32 Å². The van der Waals surface area contributed by atoms with Crippen LogP contribution in [0.1, 0.15) is 35.9 Å². The van der Waals surface area contributed by atoms with E-state index in [1.54, 1.807) is 12.1 Å². The second-order valence-corrected chi connectivity index (χ2v) is 5.36. The monoisotopic (exact) mass is 307 g/mol. The molecule has 2 rings (SSSR count). The van der Waals surface area contributed by atoms with Crippen molar-refractivity contribution in [2.24, 2.45) is 5.92 Å². The average Bonchev–Trinajstić information content (AvgIpc) is 2.46. The fourth-order valence-corrected chi connectivity index (χ4v) is 2.05. The van der Waals surface area contributed by atoms with Crippen molar-refractivity contribution in [1.82, 2.24) is 15.3 Å². The molecule has 0 radical (unpaired) electrons. The number of nitrogens with one attached hydrogen (secondary N) is 1. The first-order chi connectivity index (χ1) is 9.97. The summed E-state index contributed by atoms with van der Waals surface area (Å²) >= 11 is 5.64. The Kier molecular flexibility index (Phi) is 4.85. The van der Waals surface area contributed by atoms with Gasteiger partial charge >= 0.3 is 0 Å². The van der Waals surface area contributed by atoms with E-state index < -0.39 is 0 Å². The summed E-state index contributed by atoms with van der Waals surface area (Å²) in [6.07, 6.45) is 2.64. The third-order valence-electron chi connectivity index (χ3n) is 3.04. The van der Waals surface area contributed by atoms with Gasteiger partial charge in [0.15, 0.2) is 0 Å². The van der Waals surface area contributed by atoms with Gasteiger partial charge in [-0.25, -0.2) is 14.4 Å². The normalized spacial score (nSPS) is 12.2. The van der Waals surface area contributed by atoms with Crippen molar-refractivity contribution >= 4 is 17.5 Å². The first-order valence-corrected chi connectivity index (χ1v) is 6.89. The molecule has 1 aromatic heterocycles. The van der Waals surface area contributed by atoms with Crippen LogP contribution in [0.15, 0.2) is 36.7 Å². The fourth-order valence-electron chi connectivity index (χ4n) is 1.95. The average molecular weight is 308 g/mol. The Morgan fingerprint density at radius 3 is 2.38 bits per heavy atom. The molecule has 21 heavy (non-hydrogen) atoms. The number of aromatic nitrogens is 2. The third kappa shape index (κ3) is 3.98. The zero-order chi connectivity index (χ0) is 15.4. The van der Waals surface area contributed by atoms with Crippen LogP contribution in [-0.4, -0.2) is 15.9 Å². The summed E-state index contributed by atoms with van der Waals surface area (Å²) in [6, 6.07) is 5.83. The summed E-state index contributed by atoms with van der Waals surface area (Å²) in [7, 11) is 0. The quantitative estimate of drug-likeness (QED) is 0.942. The molecular weight excluding hydrogens is 293 g/mol. The van der Waals surface area contributed by atoms with Crippen LogP contribution in [0.5, 0.6) is 0 Å². The number of carbonyl (C=O) groups is 1. The highest BCUT2D eigenvalue weighted by atomic mass is 35.5. The highest BCUT2D eigenvalue weighted by Gasteiger charge is 2.20. The molecule has 110 valence electrons. The molecule has 1 amide bonds. The molecule has 1 aromatic carbocycles. The Hall–Kier alpha value is -2.01. The van der Waals surface area contributed by atoms with Gasteiger partial charge in [0.05, 0.1) is 18.4 Å². The van der Waals surface area contributed by atoms with Gasteiger partial charge in [-0.3, -0.25) is 4.79 Å². The van der Waals surface area contributed by atoms with Gasteiger partial charge in [0.1, 0.15) is 16.7 Å². The molecule has 1 atom stereocenters. The summed E-state index contributed by atoms with van der Waals surface area (Å²) < 4.78 is 13.0. The lowest BCUT2D eigenvalue weighted by atomic mass is 9.96. The van der Waals surface area contributed by atoms with Crippen molar-refractivity contribution in [2.75, 3.05) is 0 Å². The minimum Gasteiger partial charge on any atom is -0.344 e.